The van der Waals surface area contributed by atoms with Crippen LogP contribution in [0.1, 0.15) is 28.9 Å². The van der Waals surface area contributed by atoms with E-state index in [2.05, 4.69) is 21.2 Å². The lowest BCUT2D eigenvalue weighted by Gasteiger charge is -2.16. The van der Waals surface area contributed by atoms with E-state index in [-0.39, 0.29) is 29.9 Å². The van der Waals surface area contributed by atoms with E-state index in [1.807, 2.05) is 31.2 Å². The van der Waals surface area contributed by atoms with Gasteiger partial charge in [-0.15, -0.1) is 0 Å². The first-order valence-corrected chi connectivity index (χ1v) is 8.36. The number of hydrogen-bond acceptors (Lipinski definition) is 4. The number of carbonyl (C=O) groups is 2. The Labute approximate surface area is 154 Å². The Bertz CT molecular complexity index is 779. The summed E-state index contributed by atoms with van der Waals surface area (Å²) in [7, 11) is 1.50. The zero-order chi connectivity index (χ0) is 18.4. The minimum Gasteiger partial charge on any atom is -0.497 e. The highest BCUT2D eigenvalue weighted by Gasteiger charge is 2.15. The van der Waals surface area contributed by atoms with Crippen molar-refractivity contribution in [3.63, 3.8) is 0 Å². The van der Waals surface area contributed by atoms with Gasteiger partial charge in [-0.2, -0.15) is 0 Å². The van der Waals surface area contributed by atoms with Crippen LogP contribution in [-0.2, 0) is 4.79 Å². The lowest BCUT2D eigenvalue weighted by Crippen LogP contribution is -2.31. The maximum atomic E-state index is 12.1. The number of halogens is 1. The Morgan fingerprint density at radius 3 is 2.60 bits per heavy atom. The topological polar surface area (TPSA) is 90.7 Å². The quantitative estimate of drug-likeness (QED) is 0.739. The second-order valence-corrected chi connectivity index (χ2v) is 6.18. The van der Waals surface area contributed by atoms with Crippen LogP contribution >= 0.6 is 15.9 Å². The van der Waals surface area contributed by atoms with Crippen molar-refractivity contribution in [1.82, 2.24) is 5.32 Å². The van der Waals surface area contributed by atoms with Gasteiger partial charge in [0.2, 0.25) is 0 Å². The van der Waals surface area contributed by atoms with Gasteiger partial charge in [0.15, 0.2) is 6.61 Å². The van der Waals surface area contributed by atoms with Gasteiger partial charge in [-0.25, -0.2) is 0 Å². The third-order valence-corrected chi connectivity index (χ3v) is 4.28. The highest BCUT2D eigenvalue weighted by atomic mass is 79.9. The molecule has 2 aromatic carbocycles. The first kappa shape index (κ1) is 18.8. The molecule has 0 radical (unpaired) electrons. The highest BCUT2D eigenvalue weighted by Crippen LogP contribution is 2.25. The lowest BCUT2D eigenvalue weighted by molar-refractivity contribution is -0.123. The normalized spacial score (nSPS) is 11.5. The number of carbonyl (C=O) groups excluding carboxylic acids is 2. The van der Waals surface area contributed by atoms with Crippen LogP contribution < -0.4 is 20.5 Å². The summed E-state index contributed by atoms with van der Waals surface area (Å²) in [5.74, 6) is -0.251. The molecule has 7 heteroatoms. The van der Waals surface area contributed by atoms with Crippen LogP contribution in [-0.4, -0.2) is 25.5 Å². The smallest absolute Gasteiger partial charge is 0.258 e. The van der Waals surface area contributed by atoms with Crippen molar-refractivity contribution < 1.29 is 19.1 Å². The van der Waals surface area contributed by atoms with Crippen LogP contribution in [0, 0.1) is 0 Å². The van der Waals surface area contributed by atoms with Gasteiger partial charge in [0.25, 0.3) is 11.8 Å². The minimum absolute atomic E-state index is 0.187. The Balaban J connectivity index is 2.02. The van der Waals surface area contributed by atoms with Crippen molar-refractivity contribution in [1.29, 1.82) is 0 Å². The maximum Gasteiger partial charge on any atom is 0.258 e. The fraction of sp³-hybridized carbons (Fsp3) is 0.222. The molecule has 0 saturated heterocycles. The van der Waals surface area contributed by atoms with Crippen molar-refractivity contribution in [3.8, 4) is 11.5 Å². The maximum absolute atomic E-state index is 12.1. The van der Waals surface area contributed by atoms with E-state index in [9.17, 15) is 9.59 Å². The number of methoxy groups -OCH3 is 1. The van der Waals surface area contributed by atoms with E-state index < -0.39 is 5.91 Å². The summed E-state index contributed by atoms with van der Waals surface area (Å²) >= 11 is 3.46. The summed E-state index contributed by atoms with van der Waals surface area (Å²) in [4.78, 5) is 23.6. The van der Waals surface area contributed by atoms with Gasteiger partial charge in [0, 0.05) is 10.5 Å². The second-order valence-electron chi connectivity index (χ2n) is 5.33. The molecule has 0 heterocycles. The third-order valence-electron chi connectivity index (χ3n) is 3.56. The van der Waals surface area contributed by atoms with Crippen molar-refractivity contribution in [2.24, 2.45) is 5.73 Å². The van der Waals surface area contributed by atoms with Crippen LogP contribution in [0.25, 0.3) is 0 Å². The molecule has 3 N–H and O–H groups in total. The summed E-state index contributed by atoms with van der Waals surface area (Å²) in [6.45, 7) is 1.63. The molecule has 0 bridgehead atoms. The highest BCUT2D eigenvalue weighted by molar-refractivity contribution is 9.10. The number of nitrogens with two attached hydrogens (primary N) is 1. The Morgan fingerprint density at radius 2 is 1.96 bits per heavy atom. The summed E-state index contributed by atoms with van der Waals surface area (Å²) in [6, 6.07) is 12.0. The summed E-state index contributed by atoms with van der Waals surface area (Å²) in [5, 5.41) is 2.84. The van der Waals surface area contributed by atoms with Gasteiger partial charge >= 0.3 is 0 Å². The number of ether oxygens (including phenoxy) is 2. The van der Waals surface area contributed by atoms with Crippen molar-refractivity contribution in [3.05, 3.63) is 58.1 Å². The van der Waals surface area contributed by atoms with Crippen LogP contribution in [0.2, 0.25) is 0 Å². The largest absolute Gasteiger partial charge is 0.497 e. The molecule has 2 aromatic rings. The van der Waals surface area contributed by atoms with Gasteiger partial charge in [0.1, 0.15) is 11.5 Å². The molecule has 0 aromatic heterocycles. The molecule has 2 amide bonds. The van der Waals surface area contributed by atoms with Gasteiger partial charge in [-0.1, -0.05) is 34.1 Å². The fourth-order valence-electron chi connectivity index (χ4n) is 2.28. The van der Waals surface area contributed by atoms with E-state index in [1.165, 1.54) is 19.2 Å². The first-order valence-electron chi connectivity index (χ1n) is 7.56. The Hall–Kier alpha value is -2.54. The Morgan fingerprint density at radius 1 is 1.24 bits per heavy atom. The molecule has 2 rings (SSSR count). The molecule has 0 fully saturated rings. The number of amides is 2. The second kappa shape index (κ2) is 8.53. The zero-order valence-corrected chi connectivity index (χ0v) is 15.5. The number of primary amides is 1. The minimum atomic E-state index is -0.639. The van der Waals surface area contributed by atoms with E-state index in [4.69, 9.17) is 15.2 Å². The van der Waals surface area contributed by atoms with Crippen LogP contribution in [0.3, 0.4) is 0 Å². The van der Waals surface area contributed by atoms with Crippen molar-refractivity contribution in [2.45, 2.75) is 13.0 Å². The predicted molar refractivity (Wildman–Crippen MR) is 97.7 cm³/mol. The monoisotopic (exact) mass is 406 g/mol. The number of nitrogens with one attached hydrogen (secondary N) is 1. The summed E-state index contributed by atoms with van der Waals surface area (Å²) < 4.78 is 11.5. The Kier molecular flexibility index (Phi) is 6.41. The van der Waals surface area contributed by atoms with E-state index in [1.54, 1.807) is 6.07 Å². The van der Waals surface area contributed by atoms with Crippen LogP contribution in [0.4, 0.5) is 0 Å². The first-order chi connectivity index (χ1) is 11.9. The molecule has 1 atom stereocenters. The SMILES string of the molecule is COc1ccc(C(N)=O)c(OCC(=O)N[C@H](C)c2ccccc2Br)c1. The molecule has 0 saturated carbocycles. The molecule has 6 nitrogen and oxygen atoms in total. The summed E-state index contributed by atoms with van der Waals surface area (Å²) in [5.41, 5.74) is 6.46. The number of benzene rings is 2. The lowest BCUT2D eigenvalue weighted by atomic mass is 10.1. The molecule has 0 spiro atoms. The molecule has 132 valence electrons. The standard InChI is InChI=1S/C18H19BrN2O4/c1-11(13-5-3-4-6-15(13)19)21-17(22)10-25-16-9-12(24-2)7-8-14(16)18(20)23/h3-9,11H,10H2,1-2H3,(H2,20,23)(H,21,22)/t11-/m1/s1. The zero-order valence-electron chi connectivity index (χ0n) is 13.9. The van der Waals surface area contributed by atoms with Crippen molar-refractivity contribution >= 4 is 27.7 Å². The molecule has 0 aliphatic rings. The van der Waals surface area contributed by atoms with Crippen molar-refractivity contribution in [2.75, 3.05) is 13.7 Å². The molecule has 0 aliphatic carbocycles. The fourth-order valence-corrected chi connectivity index (χ4v) is 2.91. The van der Waals surface area contributed by atoms with Gasteiger partial charge in [-0.3, -0.25) is 9.59 Å². The van der Waals surface area contributed by atoms with Crippen LogP contribution in [0.15, 0.2) is 46.9 Å². The molecule has 0 aliphatic heterocycles. The molecule has 0 unspecified atom stereocenters. The predicted octanol–water partition coefficient (Wildman–Crippen LogP) is 2.81. The van der Waals surface area contributed by atoms with E-state index in [0.29, 0.717) is 5.75 Å². The average molecular weight is 407 g/mol. The van der Waals surface area contributed by atoms with Gasteiger partial charge in [-0.05, 0) is 30.7 Å². The molecular formula is C18H19BrN2O4. The summed E-state index contributed by atoms with van der Waals surface area (Å²) in [6.07, 6.45) is 0. The van der Waals surface area contributed by atoms with Gasteiger partial charge < -0.3 is 20.5 Å². The van der Waals surface area contributed by atoms with E-state index in [0.717, 1.165) is 10.0 Å². The van der Waals surface area contributed by atoms with E-state index >= 15 is 0 Å². The van der Waals surface area contributed by atoms with Crippen LogP contribution in [0.5, 0.6) is 11.5 Å². The number of rotatable bonds is 7. The third kappa shape index (κ3) is 4.96. The van der Waals surface area contributed by atoms with Gasteiger partial charge in [0.05, 0.1) is 18.7 Å². The molecule has 25 heavy (non-hydrogen) atoms. The molecular weight excluding hydrogens is 388 g/mol. The number of hydrogen-bond donors (Lipinski definition) is 2. The average Bonchev–Trinajstić information content (AvgIpc) is 2.59.